The van der Waals surface area contributed by atoms with E-state index in [1.54, 1.807) is 4.90 Å². The van der Waals surface area contributed by atoms with Gasteiger partial charge in [-0.3, -0.25) is 4.79 Å². The predicted octanol–water partition coefficient (Wildman–Crippen LogP) is 1.12. The molecule has 0 bridgehead atoms. The summed E-state index contributed by atoms with van der Waals surface area (Å²) in [5.41, 5.74) is 0.810. The first-order valence-electron chi connectivity index (χ1n) is 6.37. The zero-order chi connectivity index (χ0) is 13.9. The molecular formula is C13H18N2O3S. The van der Waals surface area contributed by atoms with Gasteiger partial charge in [0.1, 0.15) is 0 Å². The fourth-order valence-electron chi connectivity index (χ4n) is 2.23. The molecule has 19 heavy (non-hydrogen) atoms. The Bertz CT molecular complexity index is 542. The average molecular weight is 282 g/mol. The summed E-state index contributed by atoms with van der Waals surface area (Å²) < 4.78 is 26.0. The minimum atomic E-state index is -3.27. The summed E-state index contributed by atoms with van der Waals surface area (Å²) in [7, 11) is -3.27. The van der Waals surface area contributed by atoms with Gasteiger partial charge in [0.05, 0.1) is 5.75 Å². The third kappa shape index (κ3) is 3.54. The Labute approximate surface area is 113 Å². The maximum atomic E-state index is 11.9. The number of sulfonamides is 1. The molecule has 0 radical (unpaired) electrons. The molecule has 1 aliphatic rings. The lowest BCUT2D eigenvalue weighted by Gasteiger charge is -2.17. The van der Waals surface area contributed by atoms with Crippen LogP contribution in [0.3, 0.4) is 0 Å². The molecule has 1 aromatic rings. The second-order valence-electron chi connectivity index (χ2n) is 4.68. The van der Waals surface area contributed by atoms with Gasteiger partial charge < -0.3 is 4.90 Å². The highest BCUT2D eigenvalue weighted by Gasteiger charge is 2.32. The number of carbonyl (C=O) groups excluding carboxylic acids is 1. The van der Waals surface area contributed by atoms with Crippen LogP contribution in [0, 0.1) is 0 Å². The van der Waals surface area contributed by atoms with Crippen LogP contribution in [-0.4, -0.2) is 32.7 Å². The molecule has 1 heterocycles. The number of nitrogens with zero attached hydrogens (tertiary/aromatic N) is 1. The number of hydrogen-bond acceptors (Lipinski definition) is 3. The lowest BCUT2D eigenvalue weighted by Crippen LogP contribution is -2.38. The molecule has 0 saturated carbocycles. The Kier molecular flexibility index (Phi) is 4.21. The normalized spacial score (nSPS) is 19.9. The number of benzene rings is 1. The molecule has 1 fully saturated rings. The fraction of sp³-hybridized carbons (Fsp3) is 0.462. The van der Waals surface area contributed by atoms with Crippen molar-refractivity contribution < 1.29 is 13.2 Å². The summed E-state index contributed by atoms with van der Waals surface area (Å²) in [6.45, 7) is 2.21. The van der Waals surface area contributed by atoms with Crippen LogP contribution < -0.4 is 9.62 Å². The molecule has 0 aromatic heterocycles. The maximum absolute atomic E-state index is 11.9. The largest absolute Gasteiger partial charge is 0.311 e. The molecule has 1 aromatic carbocycles. The van der Waals surface area contributed by atoms with Gasteiger partial charge >= 0.3 is 0 Å². The van der Waals surface area contributed by atoms with Crippen molar-refractivity contribution in [3.63, 3.8) is 0 Å². The Morgan fingerprint density at radius 2 is 2.00 bits per heavy atom. The molecule has 5 nitrogen and oxygen atoms in total. The molecule has 1 atom stereocenters. The van der Waals surface area contributed by atoms with Crippen LogP contribution in [0.25, 0.3) is 0 Å². The van der Waals surface area contributed by atoms with Crippen LogP contribution in [0.5, 0.6) is 0 Å². The van der Waals surface area contributed by atoms with E-state index in [9.17, 15) is 13.2 Å². The van der Waals surface area contributed by atoms with Crippen molar-refractivity contribution in [1.29, 1.82) is 0 Å². The highest BCUT2D eigenvalue weighted by atomic mass is 32.2. The predicted molar refractivity (Wildman–Crippen MR) is 74.4 cm³/mol. The smallest absolute Gasteiger partial charge is 0.228 e. The van der Waals surface area contributed by atoms with Crippen LogP contribution in [-0.2, 0) is 14.8 Å². The first-order valence-corrected chi connectivity index (χ1v) is 8.02. The molecular weight excluding hydrogens is 264 g/mol. The molecule has 2 rings (SSSR count). The van der Waals surface area contributed by atoms with Crippen molar-refractivity contribution in [1.82, 2.24) is 4.72 Å². The molecule has 6 heteroatoms. The quantitative estimate of drug-likeness (QED) is 0.880. The number of para-hydroxylation sites is 1. The van der Waals surface area contributed by atoms with Crippen molar-refractivity contribution in [2.75, 3.05) is 17.2 Å². The van der Waals surface area contributed by atoms with E-state index in [0.717, 1.165) is 5.69 Å². The monoisotopic (exact) mass is 282 g/mol. The van der Waals surface area contributed by atoms with Crippen molar-refractivity contribution in [2.24, 2.45) is 0 Å². The van der Waals surface area contributed by atoms with E-state index < -0.39 is 10.0 Å². The number of anilines is 1. The summed E-state index contributed by atoms with van der Waals surface area (Å²) in [5, 5.41) is 0. The standard InChI is InChI=1S/C13H18N2O3S/c1-2-8-19(17,18)14-11-9-13(16)15(10-11)12-6-4-3-5-7-12/h3-7,11,14H,2,8-10H2,1H3. The number of carbonyl (C=O) groups is 1. The average Bonchev–Trinajstić information content (AvgIpc) is 2.70. The van der Waals surface area contributed by atoms with Crippen LogP contribution in [0.2, 0.25) is 0 Å². The molecule has 0 aliphatic carbocycles. The lowest BCUT2D eigenvalue weighted by atomic mass is 10.3. The number of nitrogens with one attached hydrogen (secondary N) is 1. The molecule has 1 amide bonds. The molecule has 1 saturated heterocycles. The summed E-state index contributed by atoms with van der Waals surface area (Å²) in [6, 6.07) is 8.96. The van der Waals surface area contributed by atoms with Crippen LogP contribution in [0.4, 0.5) is 5.69 Å². The number of amides is 1. The summed E-state index contributed by atoms with van der Waals surface area (Å²) in [5.74, 6) is 0.0543. The minimum Gasteiger partial charge on any atom is -0.311 e. The first kappa shape index (κ1) is 14.0. The van der Waals surface area contributed by atoms with Crippen LogP contribution in [0.15, 0.2) is 30.3 Å². The van der Waals surface area contributed by atoms with Gasteiger partial charge in [0.15, 0.2) is 0 Å². The maximum Gasteiger partial charge on any atom is 0.228 e. The van der Waals surface area contributed by atoms with E-state index in [1.807, 2.05) is 37.3 Å². The second-order valence-corrected chi connectivity index (χ2v) is 6.55. The van der Waals surface area contributed by atoms with Gasteiger partial charge in [0.2, 0.25) is 15.9 Å². The second kappa shape index (κ2) is 5.71. The topological polar surface area (TPSA) is 66.5 Å². The van der Waals surface area contributed by atoms with Crippen molar-refractivity contribution in [3.05, 3.63) is 30.3 Å². The van der Waals surface area contributed by atoms with E-state index in [0.29, 0.717) is 13.0 Å². The molecule has 1 unspecified atom stereocenters. The van der Waals surface area contributed by atoms with Crippen molar-refractivity contribution in [3.8, 4) is 0 Å². The minimum absolute atomic E-state index is 0.0459. The number of rotatable bonds is 5. The molecule has 1 aliphatic heterocycles. The van der Waals surface area contributed by atoms with Gasteiger partial charge in [-0.1, -0.05) is 25.1 Å². The lowest BCUT2D eigenvalue weighted by molar-refractivity contribution is -0.117. The van der Waals surface area contributed by atoms with E-state index >= 15 is 0 Å². The van der Waals surface area contributed by atoms with Crippen LogP contribution in [0.1, 0.15) is 19.8 Å². The molecule has 104 valence electrons. The van der Waals surface area contributed by atoms with E-state index in [2.05, 4.69) is 4.72 Å². The number of hydrogen-bond donors (Lipinski definition) is 1. The van der Waals surface area contributed by atoms with Crippen LogP contribution >= 0.6 is 0 Å². The first-order chi connectivity index (χ1) is 9.02. The highest BCUT2D eigenvalue weighted by molar-refractivity contribution is 7.89. The van der Waals surface area contributed by atoms with Crippen molar-refractivity contribution >= 4 is 21.6 Å². The molecule has 1 N–H and O–H groups in total. The van der Waals surface area contributed by atoms with Gasteiger partial charge in [-0.05, 0) is 18.6 Å². The Morgan fingerprint density at radius 3 is 2.63 bits per heavy atom. The summed E-state index contributed by atoms with van der Waals surface area (Å²) in [4.78, 5) is 13.5. The third-order valence-electron chi connectivity index (χ3n) is 3.01. The third-order valence-corrected chi connectivity index (χ3v) is 4.65. The Balaban J connectivity index is 2.04. The van der Waals surface area contributed by atoms with E-state index in [1.165, 1.54) is 0 Å². The van der Waals surface area contributed by atoms with Gasteiger partial charge in [-0.15, -0.1) is 0 Å². The zero-order valence-corrected chi connectivity index (χ0v) is 11.7. The van der Waals surface area contributed by atoms with Gasteiger partial charge in [-0.25, -0.2) is 13.1 Å². The summed E-state index contributed by atoms with van der Waals surface area (Å²) >= 11 is 0. The zero-order valence-electron chi connectivity index (χ0n) is 10.9. The SMILES string of the molecule is CCCS(=O)(=O)NC1CC(=O)N(c2ccccc2)C1. The fourth-order valence-corrected chi connectivity index (χ4v) is 3.55. The van der Waals surface area contributed by atoms with Gasteiger partial charge in [-0.2, -0.15) is 0 Å². The summed E-state index contributed by atoms with van der Waals surface area (Å²) in [6.07, 6.45) is 0.788. The van der Waals surface area contributed by atoms with Gasteiger partial charge in [0.25, 0.3) is 0 Å². The van der Waals surface area contributed by atoms with E-state index in [-0.39, 0.29) is 24.1 Å². The van der Waals surface area contributed by atoms with Gasteiger partial charge in [0, 0.05) is 24.7 Å². The Hall–Kier alpha value is -1.40. The van der Waals surface area contributed by atoms with E-state index in [4.69, 9.17) is 0 Å². The Morgan fingerprint density at radius 1 is 1.32 bits per heavy atom. The van der Waals surface area contributed by atoms with Crippen molar-refractivity contribution in [2.45, 2.75) is 25.8 Å². The highest BCUT2D eigenvalue weighted by Crippen LogP contribution is 2.21. The molecule has 0 spiro atoms.